The van der Waals surface area contributed by atoms with E-state index in [1.807, 2.05) is 21.9 Å². The number of anilines is 2. The minimum absolute atomic E-state index is 0.00631. The van der Waals surface area contributed by atoms with E-state index in [0.29, 0.717) is 11.4 Å². The Morgan fingerprint density at radius 3 is 1.72 bits per heavy atom. The maximum absolute atomic E-state index is 13.7. The standard InChI is InChI=1S/C42H51N15O17/c1-2-4-22(39(71)72)53-36(68)25(14-29(61)62)55-37(69)26(15-30(63)64)54-34(66)21(5-3-12-46-41(43)44)51-35(67)24(13-28(59)60)50-27(58)11-10-23(40(73)74)52-33(65)18-6-8-19(9-7-18)47-16-20-17-48-32-31(49-20)38(70)57-42(45)56-32/h1,6-9,17,21-26,47H,3-5,10-16H2,(H,50,58)(H,51,67)(H,52,65)(H,53,68)(H,54,66)(H,55,69)(H,59,60)(H,61,62)(H,63,64)(H,71,72)(H,73,74)(H4,43,44,46)(H3,45,48,56,57,70)/t21-,22-,23-,24-,25-,26-/m0/s1. The summed E-state index contributed by atoms with van der Waals surface area (Å²) in [5.74, 6) is -14.3. The molecular formula is C42H51N15O17. The minimum atomic E-state index is -2.12. The summed E-state index contributed by atoms with van der Waals surface area (Å²) in [5.41, 5.74) is 11.0. The lowest BCUT2D eigenvalue weighted by Crippen LogP contribution is -2.59. The fourth-order valence-corrected chi connectivity index (χ4v) is 6.39. The number of nitrogens with zero attached hydrogens (tertiary/aromatic N) is 3. The molecule has 3 aromatic rings. The summed E-state index contributed by atoms with van der Waals surface area (Å²) in [7, 11) is 0. The largest absolute Gasteiger partial charge is 0.481 e. The normalized spacial score (nSPS) is 13.1. The summed E-state index contributed by atoms with van der Waals surface area (Å²) in [6.07, 6.45) is 0.610. The van der Waals surface area contributed by atoms with Gasteiger partial charge in [0.25, 0.3) is 11.5 Å². The number of aromatic amines is 1. The van der Waals surface area contributed by atoms with Gasteiger partial charge in [-0.15, -0.1) is 12.3 Å². The van der Waals surface area contributed by atoms with E-state index in [9.17, 15) is 83.1 Å². The summed E-state index contributed by atoms with van der Waals surface area (Å²) in [6.45, 7) is -0.0280. The second-order valence-electron chi connectivity index (χ2n) is 15.7. The zero-order valence-electron chi connectivity index (χ0n) is 38.6. The van der Waals surface area contributed by atoms with E-state index < -0.39 is 158 Å². The molecule has 396 valence electrons. The Hall–Kier alpha value is -9.96. The first kappa shape index (κ1) is 58.4. The SMILES string of the molecule is C#CC[C@H](NC(=O)[C@H](CC(=O)O)NC(=O)[C@H](CC(=O)O)NC(=O)[C@H](CCCNC(=N)N)NC(=O)[C@H](CC(=O)O)NC(=O)CC[C@H](NC(=O)c1ccc(NCc2cnc3nc(N)[nH]c(=O)c3n2)cc1)C(=O)O)C(=O)O. The molecule has 32 nitrogen and oxygen atoms in total. The molecule has 74 heavy (non-hydrogen) atoms. The number of nitrogens with two attached hydrogens (primary N) is 2. The maximum atomic E-state index is 13.7. The first-order valence-electron chi connectivity index (χ1n) is 21.7. The molecule has 0 spiro atoms. The molecule has 6 atom stereocenters. The highest BCUT2D eigenvalue weighted by molar-refractivity contribution is 5.99. The zero-order chi connectivity index (χ0) is 55.2. The lowest BCUT2D eigenvalue weighted by atomic mass is 10.1. The van der Waals surface area contributed by atoms with Crippen molar-refractivity contribution in [2.45, 2.75) is 94.2 Å². The third kappa shape index (κ3) is 19.4. The van der Waals surface area contributed by atoms with Gasteiger partial charge in [-0.05, 0) is 43.5 Å². The first-order valence-corrected chi connectivity index (χ1v) is 21.7. The van der Waals surface area contributed by atoms with Crippen LogP contribution in [0.3, 0.4) is 0 Å². The summed E-state index contributed by atoms with van der Waals surface area (Å²) >= 11 is 0. The smallest absolute Gasteiger partial charge is 0.327 e. The number of benzene rings is 1. The number of amides is 6. The monoisotopic (exact) mass is 1040 g/mol. The highest BCUT2D eigenvalue weighted by atomic mass is 16.4. The van der Waals surface area contributed by atoms with Gasteiger partial charge in [-0.25, -0.2) is 19.6 Å². The van der Waals surface area contributed by atoms with Crippen LogP contribution in [0.2, 0.25) is 0 Å². The number of aliphatic carboxylic acids is 5. The van der Waals surface area contributed by atoms with Crippen LogP contribution in [-0.2, 0) is 54.5 Å². The van der Waals surface area contributed by atoms with Crippen molar-refractivity contribution in [2.75, 3.05) is 17.6 Å². The van der Waals surface area contributed by atoms with Gasteiger partial charge in [0, 0.05) is 30.6 Å². The van der Waals surface area contributed by atoms with Crippen LogP contribution >= 0.6 is 0 Å². The minimum Gasteiger partial charge on any atom is -0.481 e. The maximum Gasteiger partial charge on any atom is 0.327 e. The summed E-state index contributed by atoms with van der Waals surface area (Å²) < 4.78 is 0. The number of hydrogen-bond donors (Lipinski definition) is 17. The Labute approximate surface area is 416 Å². The van der Waals surface area contributed by atoms with Gasteiger partial charge in [-0.2, -0.15) is 4.98 Å². The first-order chi connectivity index (χ1) is 34.9. The Balaban J connectivity index is 1.71. The van der Waals surface area contributed by atoms with Crippen molar-refractivity contribution in [3.63, 3.8) is 0 Å². The fraction of sp³-hybridized carbons (Fsp3) is 0.381. The van der Waals surface area contributed by atoms with Crippen molar-refractivity contribution in [2.24, 2.45) is 5.73 Å². The van der Waals surface area contributed by atoms with E-state index in [-0.39, 0.29) is 42.2 Å². The summed E-state index contributed by atoms with van der Waals surface area (Å²) in [5, 5.41) is 73.0. The Bertz CT molecular complexity index is 2750. The van der Waals surface area contributed by atoms with Crippen molar-refractivity contribution < 1.29 is 78.3 Å². The zero-order valence-corrected chi connectivity index (χ0v) is 38.6. The molecule has 2 aromatic heterocycles. The average Bonchev–Trinajstić information content (AvgIpc) is 3.31. The number of rotatable bonds is 30. The summed E-state index contributed by atoms with van der Waals surface area (Å²) in [4.78, 5) is 165. The fourth-order valence-electron chi connectivity index (χ4n) is 6.39. The molecule has 0 saturated carbocycles. The second-order valence-corrected chi connectivity index (χ2v) is 15.7. The van der Waals surface area contributed by atoms with Crippen LogP contribution < -0.4 is 59.6 Å². The van der Waals surface area contributed by atoms with Gasteiger partial charge < -0.3 is 79.5 Å². The van der Waals surface area contributed by atoms with Crippen LogP contribution in [0, 0.1) is 17.8 Å². The molecule has 0 aliphatic rings. The van der Waals surface area contributed by atoms with Gasteiger partial charge in [0.2, 0.25) is 35.5 Å². The number of nitrogen functional groups attached to an aromatic ring is 1. The molecule has 19 N–H and O–H groups in total. The Morgan fingerprint density at radius 1 is 0.689 bits per heavy atom. The number of guanidine groups is 1. The van der Waals surface area contributed by atoms with Crippen LogP contribution in [-0.4, -0.2) is 160 Å². The van der Waals surface area contributed by atoms with Crippen molar-refractivity contribution in [3.8, 4) is 12.3 Å². The second kappa shape index (κ2) is 28.0. The molecule has 2 heterocycles. The van der Waals surface area contributed by atoms with Gasteiger partial charge >= 0.3 is 29.8 Å². The Kier molecular flexibility index (Phi) is 22.1. The molecule has 1 aromatic carbocycles. The number of nitrogens with one attached hydrogen (secondary N) is 10. The van der Waals surface area contributed by atoms with E-state index in [1.54, 1.807) is 0 Å². The molecule has 0 radical (unpaired) electrons. The number of hydrogen-bond acceptors (Lipinski definition) is 18. The number of H-pyrrole nitrogens is 1. The predicted molar refractivity (Wildman–Crippen MR) is 251 cm³/mol. The van der Waals surface area contributed by atoms with Gasteiger partial charge in [-0.1, -0.05) is 0 Å². The molecule has 0 unspecified atom stereocenters. The van der Waals surface area contributed by atoms with Gasteiger partial charge in [-0.3, -0.25) is 58.3 Å². The van der Waals surface area contributed by atoms with Crippen molar-refractivity contribution in [3.05, 3.63) is 52.1 Å². The molecule has 0 fully saturated rings. The molecule has 0 bridgehead atoms. The van der Waals surface area contributed by atoms with Crippen molar-refractivity contribution >= 4 is 94.0 Å². The topological polar surface area (TPSA) is 533 Å². The molecule has 0 aliphatic carbocycles. The van der Waals surface area contributed by atoms with Crippen LogP contribution in [0.4, 0.5) is 11.6 Å². The van der Waals surface area contributed by atoms with E-state index in [0.717, 1.165) is 0 Å². The number of carbonyl (C=O) groups excluding carboxylic acids is 6. The van der Waals surface area contributed by atoms with Gasteiger partial charge in [0.05, 0.1) is 37.7 Å². The highest BCUT2D eigenvalue weighted by Gasteiger charge is 2.35. The molecular weight excluding hydrogens is 987 g/mol. The van der Waals surface area contributed by atoms with E-state index in [1.165, 1.54) is 30.5 Å². The summed E-state index contributed by atoms with van der Waals surface area (Å²) in [6, 6.07) is -5.71. The average molecular weight is 1040 g/mol. The van der Waals surface area contributed by atoms with Gasteiger partial charge in [0.1, 0.15) is 36.3 Å². The Morgan fingerprint density at radius 2 is 1.20 bits per heavy atom. The third-order valence-electron chi connectivity index (χ3n) is 9.98. The molecule has 0 saturated heterocycles. The number of carbonyl (C=O) groups is 11. The lowest BCUT2D eigenvalue weighted by Gasteiger charge is -2.26. The molecule has 3 rings (SSSR count). The van der Waals surface area contributed by atoms with E-state index >= 15 is 0 Å². The van der Waals surface area contributed by atoms with Crippen molar-refractivity contribution in [1.82, 2.24) is 57.2 Å². The molecule has 0 aliphatic heterocycles. The van der Waals surface area contributed by atoms with Gasteiger partial charge in [0.15, 0.2) is 17.1 Å². The number of carboxylic acids is 5. The quantitative estimate of drug-likeness (QED) is 0.0129. The highest BCUT2D eigenvalue weighted by Crippen LogP contribution is 2.13. The number of aromatic nitrogens is 4. The van der Waals surface area contributed by atoms with Crippen LogP contribution in [0.5, 0.6) is 0 Å². The molecule has 32 heteroatoms. The van der Waals surface area contributed by atoms with E-state index in [2.05, 4.69) is 46.5 Å². The lowest BCUT2D eigenvalue weighted by molar-refractivity contribution is -0.145. The molecule has 6 amide bonds. The van der Waals surface area contributed by atoms with Crippen LogP contribution in [0.1, 0.15) is 67.4 Å². The van der Waals surface area contributed by atoms with E-state index in [4.69, 9.17) is 23.3 Å². The van der Waals surface area contributed by atoms with Crippen molar-refractivity contribution in [1.29, 1.82) is 5.41 Å². The van der Waals surface area contributed by atoms with Crippen LogP contribution in [0.25, 0.3) is 11.2 Å². The number of fused-ring (bicyclic) bond motifs is 1. The third-order valence-corrected chi connectivity index (χ3v) is 9.98. The predicted octanol–water partition coefficient (Wildman–Crippen LogP) is -4.91. The van der Waals surface area contributed by atoms with Crippen LogP contribution in [0.15, 0.2) is 35.3 Å². The number of terminal acetylenes is 1. The number of carboxylic acid groups (broad SMARTS) is 5.